The molecule has 8 aromatic carbocycles. The fraction of sp³-hybridized carbons (Fsp3) is 0.149. The van der Waals surface area contributed by atoms with Crippen LogP contribution in [0.2, 0.25) is 20.1 Å². The van der Waals surface area contributed by atoms with E-state index >= 15 is 0 Å². The van der Waals surface area contributed by atoms with E-state index in [9.17, 15) is 38.4 Å². The number of pyridine rings is 4. The Kier molecular flexibility index (Phi) is 31.5. The minimum atomic E-state index is -0.411. The number of carbonyl (C=O) groups excluding carboxylic acids is 8. The van der Waals surface area contributed by atoms with Crippen LogP contribution >= 0.6 is 46.4 Å². The number of rotatable bonds is 20. The van der Waals surface area contributed by atoms with Crippen LogP contribution < -0.4 is 48.3 Å². The number of piperidine rings is 1. The van der Waals surface area contributed by atoms with Gasteiger partial charge in [-0.1, -0.05) is 143 Å². The van der Waals surface area contributed by atoms with Crippen molar-refractivity contribution in [3.05, 3.63) is 352 Å². The molecule has 27 nitrogen and oxygen atoms in total. The first-order chi connectivity index (χ1) is 60.0. The molecular formula is C94H87Cl4N19O8. The molecular weight excluding hydrogens is 1660 g/mol. The number of nitrogens with two attached hydrogens (primary N) is 1. The Morgan fingerprint density at radius 3 is 0.736 bits per heavy atom. The first-order valence-corrected chi connectivity index (χ1v) is 40.9. The molecule has 4 aromatic heterocycles. The van der Waals surface area contributed by atoms with E-state index in [0.29, 0.717) is 134 Å². The number of amides is 8. The molecule has 0 radical (unpaired) electrons. The Morgan fingerprint density at radius 2 is 0.512 bits per heavy atom. The summed E-state index contributed by atoms with van der Waals surface area (Å²) in [7, 11) is 0. The molecule has 125 heavy (non-hydrogen) atoms. The second-order valence-corrected chi connectivity index (χ2v) is 30.6. The monoisotopic (exact) mass is 1750 g/mol. The van der Waals surface area contributed by atoms with E-state index in [4.69, 9.17) is 73.8 Å². The van der Waals surface area contributed by atoms with Gasteiger partial charge in [0, 0.05) is 95.6 Å². The van der Waals surface area contributed by atoms with E-state index in [1.807, 2.05) is 43.9 Å². The molecule has 2 fully saturated rings. The maximum Gasteiger partial charge on any atom is 0.258 e. The summed E-state index contributed by atoms with van der Waals surface area (Å²) in [5.74, 6) is -0.657. The second kappa shape index (κ2) is 43.2. The number of halogens is 4. The van der Waals surface area contributed by atoms with Gasteiger partial charge in [-0.25, -0.2) is 19.9 Å². The van der Waals surface area contributed by atoms with Crippen molar-refractivity contribution in [3.63, 3.8) is 0 Å². The molecule has 14 rings (SSSR count). The molecule has 2 saturated heterocycles. The highest BCUT2D eigenvalue weighted by molar-refractivity contribution is 6.31. The average molecular weight is 1750 g/mol. The highest BCUT2D eigenvalue weighted by Gasteiger charge is 2.25. The number of aromatic nitrogens is 4. The van der Waals surface area contributed by atoms with Crippen molar-refractivity contribution in [2.45, 2.75) is 66.7 Å². The van der Waals surface area contributed by atoms with Crippen molar-refractivity contribution < 1.29 is 38.4 Å². The van der Waals surface area contributed by atoms with Crippen molar-refractivity contribution in [2.75, 3.05) is 68.7 Å². The smallest absolute Gasteiger partial charge is 0.258 e. The van der Waals surface area contributed by atoms with Gasteiger partial charge in [0.2, 0.25) is 0 Å². The fourth-order valence-corrected chi connectivity index (χ4v) is 13.5. The number of nitrogens with zero attached hydrogens (tertiary/aromatic N) is 6. The molecule has 0 bridgehead atoms. The number of hydrogen-bond donors (Lipinski definition) is 13. The first kappa shape index (κ1) is 91.1. The van der Waals surface area contributed by atoms with Gasteiger partial charge < -0.3 is 63.5 Å². The van der Waals surface area contributed by atoms with Gasteiger partial charge in [-0.15, -0.1) is 0 Å². The normalized spacial score (nSPS) is 11.8. The maximum absolute atomic E-state index is 13.0. The van der Waals surface area contributed by atoms with Gasteiger partial charge in [0.1, 0.15) is 40.8 Å². The van der Waals surface area contributed by atoms with Crippen molar-refractivity contribution in [2.24, 2.45) is 5.73 Å². The summed E-state index contributed by atoms with van der Waals surface area (Å²) in [5.41, 5.74) is 16.4. The van der Waals surface area contributed by atoms with Crippen molar-refractivity contribution >= 4 is 163 Å². The number of hydrogen-bond acceptors (Lipinski definition) is 16. The van der Waals surface area contributed by atoms with E-state index in [-0.39, 0.29) is 35.4 Å². The third kappa shape index (κ3) is 25.0. The standard InChI is InChI=1S/C26H26ClN5O2.C25H24ClN5O2.C22H19ClN4O2.C21H18ClN5O2/c1-17-6-5-7-21(26(34)30-22-13-12-20(27)16-29-22)23(17)31-25(33)19-10-8-18(9-11-19)24(28)32-14-3-2-4-15-32;1-16-5-4-6-20(25(33)29-21-12-11-19(26)15-28-21)22(16)30-24(32)18-9-7-17(8-10-18)23(27)31-13-2-3-14-31;1-13-4-3-5-18(22(29)26-19-11-10-17(23)12-25-19)20(13)27-21(28)16-8-6-15(7-9-16)14(2)24;1-12-3-2-4-16(21(29)26-17-10-9-15(22)11-25-17)18(12)27-20(28)14-7-5-13(6-8-14)19(23)24/h5-13,16,28H,2-4,14-15H2,1H3,(H,31,33)(H,29,30,34);4-12,15,27H,2-3,13-14H2,1H3,(H,30,32)(H,28,29,33);3-12,24H,1-2H3,(H,27,28)(H,25,26,29);2-11H,1H3,(H3,23,24)(H,27,28)(H,25,26,29). The molecule has 0 atom stereocenters. The number of anilines is 8. The maximum atomic E-state index is 13.0. The molecule has 0 unspecified atom stereocenters. The third-order valence-corrected chi connectivity index (χ3v) is 20.8. The Bertz CT molecular complexity index is 5840. The van der Waals surface area contributed by atoms with Crippen LogP contribution in [0.15, 0.2) is 243 Å². The summed E-state index contributed by atoms with van der Waals surface area (Å²) >= 11 is 23.3. The quantitative estimate of drug-likeness (QED) is 0.0249. The Labute approximate surface area is 741 Å². The molecule has 8 amide bonds. The van der Waals surface area contributed by atoms with E-state index < -0.39 is 17.7 Å². The number of nitrogens with one attached hydrogen (secondary N) is 12. The zero-order valence-electron chi connectivity index (χ0n) is 68.5. The molecule has 6 heterocycles. The first-order valence-electron chi connectivity index (χ1n) is 39.4. The van der Waals surface area contributed by atoms with Crippen LogP contribution in [-0.4, -0.2) is 126 Å². The van der Waals surface area contributed by atoms with Crippen LogP contribution in [0.3, 0.4) is 0 Å². The molecule has 2 aliphatic heterocycles. The second-order valence-electron chi connectivity index (χ2n) is 28.9. The molecule has 31 heteroatoms. The Morgan fingerprint density at radius 1 is 0.288 bits per heavy atom. The van der Waals surface area contributed by atoms with E-state index in [0.717, 1.165) is 90.8 Å². The van der Waals surface area contributed by atoms with Crippen molar-refractivity contribution in [1.82, 2.24) is 29.7 Å². The average Bonchev–Trinajstić information content (AvgIpc) is 1.60. The lowest BCUT2D eigenvalue weighted by Crippen LogP contribution is -2.35. The molecule has 14 N–H and O–H groups in total. The number of likely N-dealkylation sites (tertiary alicyclic amines) is 2. The number of amidine groups is 3. The largest absolute Gasteiger partial charge is 0.384 e. The number of para-hydroxylation sites is 4. The van der Waals surface area contributed by atoms with Gasteiger partial charge in [-0.3, -0.25) is 54.6 Å². The van der Waals surface area contributed by atoms with Crippen LogP contribution in [0, 0.1) is 49.3 Å². The molecule has 634 valence electrons. The van der Waals surface area contributed by atoms with E-state index in [1.54, 1.807) is 214 Å². The number of nitrogen functional groups attached to an aromatic ring is 1. The molecule has 2 aliphatic rings. The Hall–Kier alpha value is -14.6. The number of benzene rings is 8. The zero-order valence-corrected chi connectivity index (χ0v) is 71.5. The van der Waals surface area contributed by atoms with Crippen LogP contribution in [0.25, 0.3) is 0 Å². The summed E-state index contributed by atoms with van der Waals surface area (Å²) in [4.78, 5) is 123. The minimum absolute atomic E-state index is 0.0781. The molecule has 0 aliphatic carbocycles. The fourth-order valence-electron chi connectivity index (χ4n) is 13.0. The van der Waals surface area contributed by atoms with Crippen LogP contribution in [0.4, 0.5) is 46.0 Å². The summed E-state index contributed by atoms with van der Waals surface area (Å²) in [6.07, 6.45) is 11.4. The highest BCUT2D eigenvalue weighted by Crippen LogP contribution is 2.30. The summed E-state index contributed by atoms with van der Waals surface area (Å²) in [6.45, 7) is 12.5. The van der Waals surface area contributed by atoms with E-state index in [1.165, 1.54) is 31.2 Å². The van der Waals surface area contributed by atoms with Crippen molar-refractivity contribution in [1.29, 1.82) is 21.6 Å². The van der Waals surface area contributed by atoms with Gasteiger partial charge in [0.05, 0.1) is 65.1 Å². The topological polar surface area (TPSA) is 412 Å². The summed E-state index contributed by atoms with van der Waals surface area (Å²) < 4.78 is 0. The van der Waals surface area contributed by atoms with Gasteiger partial charge in [-0.05, 0) is 216 Å². The summed E-state index contributed by atoms with van der Waals surface area (Å²) in [5, 5.41) is 56.0. The SMILES string of the molecule is CC(=N)c1ccc(C(=O)Nc2c(C)cccc2C(=O)Nc2ccc(Cl)cn2)cc1.Cc1cccc(C(=O)Nc2ccc(Cl)cn2)c1NC(=O)c1ccc(C(=N)N)cc1.Cc1cccc(C(=O)Nc2ccc(Cl)cn2)c1NC(=O)c1ccc(C(=N)N2CCCC2)cc1.Cc1cccc(C(=O)Nc2ccc(Cl)cn2)c1NC(=O)c1ccc(C(=N)N2CCCCC2)cc1. The zero-order chi connectivity index (χ0) is 89.4. The Balaban J connectivity index is 0.000000162. The molecule has 0 saturated carbocycles. The predicted octanol–water partition coefficient (Wildman–Crippen LogP) is 19.1. The van der Waals surface area contributed by atoms with Gasteiger partial charge >= 0.3 is 0 Å². The van der Waals surface area contributed by atoms with Gasteiger partial charge in [0.25, 0.3) is 47.3 Å². The lowest BCUT2D eigenvalue weighted by Gasteiger charge is -2.29. The van der Waals surface area contributed by atoms with Crippen molar-refractivity contribution in [3.8, 4) is 0 Å². The lowest BCUT2D eigenvalue weighted by atomic mass is 10.1. The number of carbonyl (C=O) groups is 8. The van der Waals surface area contributed by atoms with Gasteiger partial charge in [-0.2, -0.15) is 0 Å². The number of aryl methyl sites for hydroxylation is 4. The highest BCUT2D eigenvalue weighted by atomic mass is 35.5. The van der Waals surface area contributed by atoms with Crippen LogP contribution in [0.1, 0.15) is 166 Å². The summed E-state index contributed by atoms with van der Waals surface area (Å²) in [6, 6.07) is 60.8. The minimum Gasteiger partial charge on any atom is -0.384 e. The molecule has 12 aromatic rings. The van der Waals surface area contributed by atoms with Crippen LogP contribution in [-0.2, 0) is 0 Å². The predicted molar refractivity (Wildman–Crippen MR) is 495 cm³/mol. The van der Waals surface area contributed by atoms with Crippen LogP contribution in [0.5, 0.6) is 0 Å². The van der Waals surface area contributed by atoms with E-state index in [2.05, 4.69) is 67.4 Å². The van der Waals surface area contributed by atoms with Gasteiger partial charge in [0.15, 0.2) is 0 Å². The molecule has 0 spiro atoms. The lowest BCUT2D eigenvalue weighted by molar-refractivity contribution is 0.101. The third-order valence-electron chi connectivity index (χ3n) is 19.9.